The number of nitrogens with one attached hydrogen (secondary N) is 3. The zero-order valence-electron chi connectivity index (χ0n) is 23.6. The van der Waals surface area contributed by atoms with E-state index in [1.165, 1.54) is 17.6 Å². The average Bonchev–Trinajstić information content (AvgIpc) is 3.58. The van der Waals surface area contributed by atoms with Crippen LogP contribution in [-0.4, -0.2) is 55.1 Å². The molecule has 9 heteroatoms. The summed E-state index contributed by atoms with van der Waals surface area (Å²) in [5.74, 6) is 0.202. The first-order valence-electron chi connectivity index (χ1n) is 13.9. The standard InChI is InChI=1S/C28H35N5O3S.C2H6/c1-3-4-5-11-33(17-25(29)34)12-6-10-30-27-26-22-8-7-20(28(35)36-2)15-23(22)32-24(26)16-21(31-27)14-19-9-13-37-18-19;1-2/h7-9,13,15-16,18,32H,3-6,10-12,14,17H2,1-2H3,(H2,29,34)(H,30,31);1-2H3/p+1. The number of aromatic amines is 1. The first kappa shape index (κ1) is 30.1. The molecule has 8 nitrogen and oxygen atoms in total. The molecule has 0 saturated heterocycles. The van der Waals surface area contributed by atoms with Crippen LogP contribution in [0, 0.1) is 0 Å². The Morgan fingerprint density at radius 3 is 2.59 bits per heavy atom. The Kier molecular flexibility index (Phi) is 11.8. The number of quaternary nitrogens is 1. The number of amides is 1. The number of nitrogens with two attached hydrogens (primary N) is 1. The van der Waals surface area contributed by atoms with Gasteiger partial charge in [0.1, 0.15) is 5.82 Å². The van der Waals surface area contributed by atoms with E-state index < -0.39 is 0 Å². The number of hydrogen-bond donors (Lipinski definition) is 4. The second-order valence-corrected chi connectivity index (χ2v) is 10.2. The van der Waals surface area contributed by atoms with Crippen molar-refractivity contribution >= 4 is 50.8 Å². The number of hydrogen-bond acceptors (Lipinski definition) is 6. The molecule has 4 rings (SSSR count). The largest absolute Gasteiger partial charge is 0.465 e. The smallest absolute Gasteiger partial charge is 0.337 e. The van der Waals surface area contributed by atoms with E-state index in [9.17, 15) is 9.59 Å². The van der Waals surface area contributed by atoms with Crippen LogP contribution < -0.4 is 16.0 Å². The molecule has 0 bridgehead atoms. The fraction of sp³-hybridized carbons (Fsp3) is 0.433. The highest BCUT2D eigenvalue weighted by Crippen LogP contribution is 2.32. The van der Waals surface area contributed by atoms with E-state index in [4.69, 9.17) is 15.5 Å². The number of rotatable bonds is 14. The molecule has 39 heavy (non-hydrogen) atoms. The van der Waals surface area contributed by atoms with Crippen molar-refractivity contribution in [3.8, 4) is 0 Å². The minimum atomic E-state index is -0.364. The van der Waals surface area contributed by atoms with E-state index in [1.807, 2.05) is 26.0 Å². The molecule has 3 heterocycles. The maximum Gasteiger partial charge on any atom is 0.337 e. The van der Waals surface area contributed by atoms with Gasteiger partial charge in [-0.25, -0.2) is 9.78 Å². The lowest BCUT2D eigenvalue weighted by Gasteiger charge is -2.18. The second kappa shape index (κ2) is 15.2. The number of pyridine rings is 1. The Balaban J connectivity index is 0.00000205. The summed E-state index contributed by atoms with van der Waals surface area (Å²) in [7, 11) is 1.39. The van der Waals surface area contributed by atoms with Crippen LogP contribution in [0.4, 0.5) is 5.82 Å². The number of primary amides is 1. The number of benzene rings is 1. The zero-order chi connectivity index (χ0) is 28.2. The first-order valence-corrected chi connectivity index (χ1v) is 14.8. The number of carbonyl (C=O) groups is 2. The molecule has 1 unspecified atom stereocenters. The summed E-state index contributed by atoms with van der Waals surface area (Å²) in [6.45, 7) is 9.10. The Hall–Kier alpha value is -3.43. The summed E-state index contributed by atoms with van der Waals surface area (Å²) < 4.78 is 4.89. The second-order valence-electron chi connectivity index (χ2n) is 9.45. The van der Waals surface area contributed by atoms with E-state index in [2.05, 4.69) is 40.1 Å². The highest BCUT2D eigenvalue weighted by Gasteiger charge is 2.16. The fourth-order valence-electron chi connectivity index (χ4n) is 4.76. The number of H-pyrrole nitrogens is 1. The molecular formula is C30H42N5O3S+. The van der Waals surface area contributed by atoms with Crippen LogP contribution in [0.1, 0.15) is 68.1 Å². The van der Waals surface area contributed by atoms with Crippen molar-refractivity contribution in [2.45, 2.75) is 52.9 Å². The number of aromatic nitrogens is 2. The molecule has 1 atom stereocenters. The van der Waals surface area contributed by atoms with Crippen LogP contribution in [-0.2, 0) is 16.0 Å². The molecule has 0 spiro atoms. The Bertz CT molecular complexity index is 1350. The number of fused-ring (bicyclic) bond motifs is 3. The molecule has 1 amide bonds. The molecule has 0 fully saturated rings. The lowest BCUT2D eigenvalue weighted by Crippen LogP contribution is -3.13. The molecule has 210 valence electrons. The van der Waals surface area contributed by atoms with Crippen LogP contribution in [0.5, 0.6) is 0 Å². The van der Waals surface area contributed by atoms with Gasteiger partial charge in [0, 0.05) is 41.4 Å². The van der Waals surface area contributed by atoms with Crippen LogP contribution in [0.25, 0.3) is 21.8 Å². The maximum absolute atomic E-state index is 12.1. The van der Waals surface area contributed by atoms with Crippen LogP contribution in [0.15, 0.2) is 41.1 Å². The summed E-state index contributed by atoms with van der Waals surface area (Å²) in [5, 5.41) is 9.78. The third-order valence-corrected chi connectivity index (χ3v) is 7.31. The molecule has 0 radical (unpaired) electrons. The van der Waals surface area contributed by atoms with Crippen molar-refractivity contribution < 1.29 is 19.2 Å². The van der Waals surface area contributed by atoms with Crippen molar-refractivity contribution in [1.82, 2.24) is 9.97 Å². The molecule has 3 aromatic heterocycles. The number of methoxy groups -OCH3 is 1. The first-order chi connectivity index (χ1) is 19.0. The van der Waals surface area contributed by atoms with E-state index in [0.717, 1.165) is 85.1 Å². The number of unbranched alkanes of at least 4 members (excludes halogenated alkanes) is 2. The highest BCUT2D eigenvalue weighted by molar-refractivity contribution is 7.07. The van der Waals surface area contributed by atoms with Gasteiger partial charge in [0.05, 0.1) is 31.3 Å². The number of thiophene rings is 1. The monoisotopic (exact) mass is 552 g/mol. The maximum atomic E-state index is 12.1. The molecule has 0 aliphatic carbocycles. The van der Waals surface area contributed by atoms with Gasteiger partial charge in [-0.3, -0.25) is 4.79 Å². The minimum Gasteiger partial charge on any atom is -0.465 e. The predicted octanol–water partition coefficient (Wildman–Crippen LogP) is 4.54. The Labute approximate surface area is 234 Å². The number of carbonyl (C=O) groups excluding carboxylic acids is 2. The third kappa shape index (κ3) is 8.28. The van der Waals surface area contributed by atoms with Crippen molar-refractivity contribution in [3.63, 3.8) is 0 Å². The lowest BCUT2D eigenvalue weighted by atomic mass is 10.1. The minimum absolute atomic E-state index is 0.255. The Morgan fingerprint density at radius 2 is 1.90 bits per heavy atom. The summed E-state index contributed by atoms with van der Waals surface area (Å²) >= 11 is 1.68. The normalized spacial score (nSPS) is 11.7. The predicted molar refractivity (Wildman–Crippen MR) is 161 cm³/mol. The van der Waals surface area contributed by atoms with Gasteiger partial charge in [0.2, 0.25) is 0 Å². The molecule has 5 N–H and O–H groups in total. The number of nitrogens with zero attached hydrogens (tertiary/aromatic N) is 1. The lowest BCUT2D eigenvalue weighted by molar-refractivity contribution is -0.892. The van der Waals surface area contributed by atoms with Crippen molar-refractivity contribution in [2.24, 2.45) is 5.73 Å². The quantitative estimate of drug-likeness (QED) is 0.135. The van der Waals surface area contributed by atoms with E-state index >= 15 is 0 Å². The molecule has 1 aromatic carbocycles. The van der Waals surface area contributed by atoms with Gasteiger partial charge in [-0.1, -0.05) is 33.3 Å². The number of ether oxygens (including phenoxy) is 1. The SMILES string of the molecule is CC.CCCCC[NH+](CCCNc1nc(Cc2ccsc2)cc2[nH]c3cc(C(=O)OC)ccc3c12)CC(N)=O. The van der Waals surface area contributed by atoms with E-state index in [1.54, 1.807) is 17.4 Å². The summed E-state index contributed by atoms with van der Waals surface area (Å²) in [6.07, 6.45) is 5.05. The fourth-order valence-corrected chi connectivity index (χ4v) is 5.43. The number of anilines is 1. The molecule has 0 saturated carbocycles. The summed E-state index contributed by atoms with van der Waals surface area (Å²) in [4.78, 5) is 33.3. The van der Waals surface area contributed by atoms with Crippen molar-refractivity contribution in [3.05, 3.63) is 57.9 Å². The van der Waals surface area contributed by atoms with Crippen LogP contribution >= 0.6 is 11.3 Å². The van der Waals surface area contributed by atoms with Crippen LogP contribution in [0.2, 0.25) is 0 Å². The molecule has 4 aromatic rings. The van der Waals surface area contributed by atoms with Gasteiger partial charge in [-0.2, -0.15) is 11.3 Å². The van der Waals surface area contributed by atoms with Gasteiger partial charge in [-0.15, -0.1) is 0 Å². The summed E-state index contributed by atoms with van der Waals surface area (Å²) in [6, 6.07) is 9.75. The van der Waals surface area contributed by atoms with Gasteiger partial charge in [0.25, 0.3) is 5.91 Å². The topological polar surface area (TPSA) is 115 Å². The van der Waals surface area contributed by atoms with Crippen molar-refractivity contribution in [1.29, 1.82) is 0 Å². The molecule has 0 aliphatic rings. The van der Waals surface area contributed by atoms with E-state index in [0.29, 0.717) is 12.1 Å². The van der Waals surface area contributed by atoms with Gasteiger partial charge >= 0.3 is 5.97 Å². The third-order valence-electron chi connectivity index (χ3n) is 6.57. The van der Waals surface area contributed by atoms with Gasteiger partial charge in [-0.05, 0) is 53.4 Å². The van der Waals surface area contributed by atoms with Gasteiger partial charge in [0.15, 0.2) is 6.54 Å². The zero-order valence-corrected chi connectivity index (χ0v) is 24.4. The Morgan fingerprint density at radius 1 is 1.10 bits per heavy atom. The average molecular weight is 553 g/mol. The van der Waals surface area contributed by atoms with Crippen molar-refractivity contribution in [2.75, 3.05) is 38.6 Å². The summed E-state index contributed by atoms with van der Waals surface area (Å²) in [5.41, 5.74) is 10.0. The van der Waals surface area contributed by atoms with Gasteiger partial charge < -0.3 is 25.7 Å². The van der Waals surface area contributed by atoms with E-state index in [-0.39, 0.29) is 11.9 Å². The molecular weight excluding hydrogens is 510 g/mol. The molecule has 0 aliphatic heterocycles. The van der Waals surface area contributed by atoms with Crippen LogP contribution in [0.3, 0.4) is 0 Å². The highest BCUT2D eigenvalue weighted by atomic mass is 32.1. The number of esters is 1.